The second-order valence-electron chi connectivity index (χ2n) is 8.34. The van der Waals surface area contributed by atoms with Gasteiger partial charge in [-0.15, -0.1) is 0 Å². The topological polar surface area (TPSA) is 62.2 Å². The standard InChI is InChI=1S/C27H28FN5O/c1-4-26(34)29-20-9-7-10-21(18-20)30-27-23-14-13-19(22-11-5-6-12-24(22)28)17-25(23)31-33(27)16-8-15-32(2)3/h4-7,9-14,17-18,30H,1,8,15-16H2,2-3H3,(H,29,34). The Labute approximate surface area is 198 Å². The highest BCUT2D eigenvalue weighted by molar-refractivity contribution is 5.99. The summed E-state index contributed by atoms with van der Waals surface area (Å²) < 4.78 is 16.3. The highest BCUT2D eigenvalue weighted by atomic mass is 19.1. The fraction of sp³-hybridized carbons (Fsp3) is 0.185. The number of fused-ring (bicyclic) bond motifs is 1. The number of amides is 1. The number of aromatic nitrogens is 2. The van der Waals surface area contributed by atoms with E-state index in [1.165, 1.54) is 12.1 Å². The Morgan fingerprint density at radius 3 is 2.65 bits per heavy atom. The molecule has 0 saturated carbocycles. The van der Waals surface area contributed by atoms with Gasteiger partial charge < -0.3 is 15.5 Å². The molecule has 6 nitrogen and oxygen atoms in total. The van der Waals surface area contributed by atoms with Gasteiger partial charge in [0.1, 0.15) is 11.6 Å². The molecule has 0 aliphatic carbocycles. The molecule has 174 valence electrons. The first-order chi connectivity index (χ1) is 16.4. The zero-order valence-corrected chi connectivity index (χ0v) is 19.4. The summed E-state index contributed by atoms with van der Waals surface area (Å²) >= 11 is 0. The second kappa shape index (κ2) is 10.3. The van der Waals surface area contributed by atoms with E-state index in [9.17, 15) is 9.18 Å². The largest absolute Gasteiger partial charge is 0.340 e. The van der Waals surface area contributed by atoms with Gasteiger partial charge in [-0.1, -0.05) is 36.9 Å². The van der Waals surface area contributed by atoms with E-state index in [4.69, 9.17) is 5.10 Å². The Morgan fingerprint density at radius 1 is 1.09 bits per heavy atom. The minimum atomic E-state index is -0.267. The highest BCUT2D eigenvalue weighted by Crippen LogP contribution is 2.32. The highest BCUT2D eigenvalue weighted by Gasteiger charge is 2.14. The van der Waals surface area contributed by atoms with E-state index in [0.29, 0.717) is 11.3 Å². The summed E-state index contributed by atoms with van der Waals surface area (Å²) in [5, 5.41) is 12.0. The first kappa shape index (κ1) is 23.2. The summed E-state index contributed by atoms with van der Waals surface area (Å²) in [5.74, 6) is 0.321. The Morgan fingerprint density at radius 2 is 1.88 bits per heavy atom. The predicted molar refractivity (Wildman–Crippen MR) is 137 cm³/mol. The van der Waals surface area contributed by atoms with Gasteiger partial charge in [-0.2, -0.15) is 5.10 Å². The quantitative estimate of drug-likeness (QED) is 0.318. The van der Waals surface area contributed by atoms with Gasteiger partial charge in [-0.3, -0.25) is 4.79 Å². The van der Waals surface area contributed by atoms with Crippen molar-refractivity contribution in [2.75, 3.05) is 31.3 Å². The lowest BCUT2D eigenvalue weighted by molar-refractivity contribution is -0.111. The van der Waals surface area contributed by atoms with Crippen molar-refractivity contribution in [1.82, 2.24) is 14.7 Å². The molecule has 0 unspecified atom stereocenters. The molecule has 0 saturated heterocycles. The minimum absolute atomic E-state index is 0.260. The minimum Gasteiger partial charge on any atom is -0.340 e. The monoisotopic (exact) mass is 457 g/mol. The number of carbonyl (C=O) groups excluding carboxylic acids is 1. The smallest absolute Gasteiger partial charge is 0.247 e. The second-order valence-corrected chi connectivity index (χ2v) is 8.34. The molecule has 0 spiro atoms. The van der Waals surface area contributed by atoms with E-state index in [0.717, 1.165) is 47.5 Å². The zero-order valence-electron chi connectivity index (χ0n) is 19.4. The molecule has 1 heterocycles. The molecule has 0 fully saturated rings. The average Bonchev–Trinajstić information content (AvgIpc) is 3.15. The maximum Gasteiger partial charge on any atom is 0.247 e. The van der Waals surface area contributed by atoms with Crippen LogP contribution in [-0.4, -0.2) is 41.2 Å². The molecular weight excluding hydrogens is 429 g/mol. The maximum atomic E-state index is 14.4. The van der Waals surface area contributed by atoms with E-state index in [2.05, 4.69) is 22.1 Å². The summed E-state index contributed by atoms with van der Waals surface area (Å²) in [4.78, 5) is 13.8. The van der Waals surface area contributed by atoms with Crippen LogP contribution in [0.2, 0.25) is 0 Å². The molecule has 0 bridgehead atoms. The van der Waals surface area contributed by atoms with Crippen LogP contribution in [0.4, 0.5) is 21.6 Å². The predicted octanol–water partition coefficient (Wildman–Crippen LogP) is 5.66. The van der Waals surface area contributed by atoms with Crippen LogP contribution in [-0.2, 0) is 11.3 Å². The van der Waals surface area contributed by atoms with Crippen LogP contribution in [0.3, 0.4) is 0 Å². The summed E-state index contributed by atoms with van der Waals surface area (Å²) in [7, 11) is 4.09. The van der Waals surface area contributed by atoms with Crippen LogP contribution >= 0.6 is 0 Å². The van der Waals surface area contributed by atoms with Crippen molar-refractivity contribution in [2.45, 2.75) is 13.0 Å². The fourth-order valence-corrected chi connectivity index (χ4v) is 3.83. The summed E-state index contributed by atoms with van der Waals surface area (Å²) in [6, 6.07) is 20.0. The number of carbonyl (C=O) groups is 1. The van der Waals surface area contributed by atoms with Crippen LogP contribution < -0.4 is 10.6 Å². The Balaban J connectivity index is 1.71. The van der Waals surface area contributed by atoms with Gasteiger partial charge in [0.15, 0.2) is 0 Å². The van der Waals surface area contributed by atoms with Gasteiger partial charge in [0.25, 0.3) is 0 Å². The van der Waals surface area contributed by atoms with Crippen molar-refractivity contribution in [3.63, 3.8) is 0 Å². The SMILES string of the molecule is C=CC(=O)Nc1cccc(Nc2c3ccc(-c4ccccc4F)cc3nn2CCCN(C)C)c1. The van der Waals surface area contributed by atoms with Crippen LogP contribution in [0.1, 0.15) is 6.42 Å². The lowest BCUT2D eigenvalue weighted by atomic mass is 10.0. The molecule has 7 heteroatoms. The van der Waals surface area contributed by atoms with E-state index in [1.54, 1.807) is 12.1 Å². The summed E-state index contributed by atoms with van der Waals surface area (Å²) in [6.07, 6.45) is 2.16. The first-order valence-corrected chi connectivity index (χ1v) is 11.2. The van der Waals surface area contributed by atoms with Crippen molar-refractivity contribution in [2.24, 2.45) is 0 Å². The van der Waals surface area contributed by atoms with Crippen molar-refractivity contribution in [3.8, 4) is 11.1 Å². The Bertz CT molecular complexity index is 1330. The molecule has 4 rings (SSSR count). The molecule has 1 amide bonds. The van der Waals surface area contributed by atoms with Crippen molar-refractivity contribution < 1.29 is 9.18 Å². The Kier molecular flexibility index (Phi) is 7.04. The number of rotatable bonds is 9. The van der Waals surface area contributed by atoms with E-state index < -0.39 is 0 Å². The van der Waals surface area contributed by atoms with Crippen LogP contribution in [0.25, 0.3) is 22.0 Å². The molecule has 0 aliphatic heterocycles. The molecule has 0 radical (unpaired) electrons. The van der Waals surface area contributed by atoms with E-state index in [1.807, 2.05) is 67.3 Å². The van der Waals surface area contributed by atoms with Gasteiger partial charge in [-0.25, -0.2) is 9.07 Å². The van der Waals surface area contributed by atoms with Gasteiger partial charge in [0, 0.05) is 28.9 Å². The van der Waals surface area contributed by atoms with Gasteiger partial charge in [0.05, 0.1) is 5.52 Å². The maximum absolute atomic E-state index is 14.4. The third kappa shape index (κ3) is 5.32. The molecule has 3 aromatic carbocycles. The number of nitrogens with zero attached hydrogens (tertiary/aromatic N) is 3. The van der Waals surface area contributed by atoms with Crippen LogP contribution in [0.5, 0.6) is 0 Å². The molecule has 34 heavy (non-hydrogen) atoms. The lowest BCUT2D eigenvalue weighted by Gasteiger charge is -2.13. The van der Waals surface area contributed by atoms with Crippen LogP contribution in [0, 0.1) is 5.82 Å². The number of aryl methyl sites for hydroxylation is 1. The van der Waals surface area contributed by atoms with E-state index >= 15 is 0 Å². The van der Waals surface area contributed by atoms with Gasteiger partial charge in [-0.05, 0) is 75.1 Å². The number of hydrogen-bond donors (Lipinski definition) is 2. The van der Waals surface area contributed by atoms with Crippen LogP contribution in [0.15, 0.2) is 79.4 Å². The van der Waals surface area contributed by atoms with Gasteiger partial charge >= 0.3 is 0 Å². The summed E-state index contributed by atoms with van der Waals surface area (Å²) in [5.41, 5.74) is 3.59. The zero-order chi connectivity index (χ0) is 24.1. The molecule has 1 aromatic heterocycles. The van der Waals surface area contributed by atoms with E-state index in [-0.39, 0.29) is 11.7 Å². The van der Waals surface area contributed by atoms with Crippen molar-refractivity contribution in [1.29, 1.82) is 0 Å². The normalized spacial score (nSPS) is 11.1. The molecular formula is C27H28FN5O. The molecule has 2 N–H and O–H groups in total. The van der Waals surface area contributed by atoms with Gasteiger partial charge in [0.2, 0.25) is 5.91 Å². The number of anilines is 3. The molecule has 0 aliphatic rings. The number of nitrogens with one attached hydrogen (secondary N) is 2. The van der Waals surface area contributed by atoms with Crippen molar-refractivity contribution >= 4 is 34.0 Å². The third-order valence-electron chi connectivity index (χ3n) is 5.48. The number of halogens is 1. The first-order valence-electron chi connectivity index (χ1n) is 11.2. The Hall–Kier alpha value is -3.97. The molecule has 0 atom stereocenters. The average molecular weight is 458 g/mol. The van der Waals surface area contributed by atoms with Crippen molar-refractivity contribution in [3.05, 3.63) is 85.2 Å². The number of benzene rings is 3. The number of hydrogen-bond acceptors (Lipinski definition) is 4. The third-order valence-corrected chi connectivity index (χ3v) is 5.48. The lowest BCUT2D eigenvalue weighted by Crippen LogP contribution is -2.16. The summed E-state index contributed by atoms with van der Waals surface area (Å²) in [6.45, 7) is 5.14. The fourth-order valence-electron chi connectivity index (χ4n) is 3.83. The molecule has 4 aromatic rings.